The van der Waals surface area contributed by atoms with Gasteiger partial charge in [-0.1, -0.05) is 29.5 Å². The molecule has 0 fully saturated rings. The van der Waals surface area contributed by atoms with Crippen LogP contribution in [0.3, 0.4) is 0 Å². The summed E-state index contributed by atoms with van der Waals surface area (Å²) in [6.45, 7) is 0. The largest absolute Gasteiger partial charge is 0.497 e. The number of hydrogen-bond acceptors (Lipinski definition) is 9. The summed E-state index contributed by atoms with van der Waals surface area (Å²) < 4.78 is 32.8. The molecule has 38 heavy (non-hydrogen) atoms. The van der Waals surface area contributed by atoms with Gasteiger partial charge in [0.25, 0.3) is 11.8 Å². The van der Waals surface area contributed by atoms with Crippen molar-refractivity contribution in [1.29, 1.82) is 0 Å². The summed E-state index contributed by atoms with van der Waals surface area (Å²) in [4.78, 5) is 25.0. The maximum atomic E-state index is 13.1. The Balaban J connectivity index is 1.52. The second-order valence-electron chi connectivity index (χ2n) is 8.27. The lowest BCUT2D eigenvalue weighted by Crippen LogP contribution is -2.32. The van der Waals surface area contributed by atoms with Gasteiger partial charge in [-0.25, -0.2) is 18.6 Å². The Labute approximate surface area is 223 Å². The fourth-order valence-electron chi connectivity index (χ4n) is 3.76. The minimum Gasteiger partial charge on any atom is -0.497 e. The van der Waals surface area contributed by atoms with E-state index in [4.69, 9.17) is 4.74 Å². The topological polar surface area (TPSA) is 153 Å². The van der Waals surface area contributed by atoms with Crippen LogP contribution in [0.2, 0.25) is 0 Å². The van der Waals surface area contributed by atoms with Crippen LogP contribution in [0.1, 0.15) is 27.7 Å². The lowest BCUT2D eigenvalue weighted by atomic mass is 10.1. The molecule has 0 aliphatic heterocycles. The number of hydrogen-bond donors (Lipinski definition) is 3. The van der Waals surface area contributed by atoms with Crippen molar-refractivity contribution in [2.24, 2.45) is 0 Å². The normalized spacial score (nSPS) is 12.1. The highest BCUT2D eigenvalue weighted by Crippen LogP contribution is 2.32. The van der Waals surface area contributed by atoms with Gasteiger partial charge in [0.2, 0.25) is 0 Å². The third kappa shape index (κ3) is 6.07. The molecule has 2 aromatic carbocycles. The fraction of sp³-hybridized carbons (Fsp3) is 0.200. The Morgan fingerprint density at radius 1 is 1.13 bits per heavy atom. The van der Waals surface area contributed by atoms with Gasteiger partial charge in [0.1, 0.15) is 21.8 Å². The summed E-state index contributed by atoms with van der Waals surface area (Å²) in [6, 6.07) is 16.2. The van der Waals surface area contributed by atoms with Gasteiger partial charge in [-0.05, 0) is 47.5 Å². The summed E-state index contributed by atoms with van der Waals surface area (Å²) in [6.07, 6.45) is 1.55. The first-order valence-corrected chi connectivity index (χ1v) is 13.8. The molecule has 1 atom stereocenters. The van der Waals surface area contributed by atoms with E-state index in [0.29, 0.717) is 16.2 Å². The number of rotatable bonds is 10. The van der Waals surface area contributed by atoms with Crippen LogP contribution in [0.5, 0.6) is 5.75 Å². The molecule has 2 amide bonds. The van der Waals surface area contributed by atoms with Crippen molar-refractivity contribution in [3.05, 3.63) is 83.7 Å². The Morgan fingerprint density at radius 3 is 2.58 bits per heavy atom. The van der Waals surface area contributed by atoms with Crippen molar-refractivity contribution in [3.8, 4) is 16.2 Å². The molecule has 4 aromatic rings. The second-order valence-corrected chi connectivity index (χ2v) is 11.6. The average Bonchev–Trinajstić information content (AvgIpc) is 3.62. The number of nitrogens with zero attached hydrogens (tertiary/aromatic N) is 3. The smallest absolute Gasteiger partial charge is 0.268 e. The Kier molecular flexibility index (Phi) is 8.20. The van der Waals surface area contributed by atoms with E-state index in [1.165, 1.54) is 16.9 Å². The molecule has 0 saturated carbocycles. The number of carbonyl (C=O) groups excluding carboxylic acids is 2. The van der Waals surface area contributed by atoms with Crippen molar-refractivity contribution >= 4 is 33.0 Å². The van der Waals surface area contributed by atoms with Gasteiger partial charge < -0.3 is 10.1 Å². The molecule has 0 saturated heterocycles. The molecule has 0 aliphatic carbocycles. The van der Waals surface area contributed by atoms with Crippen LogP contribution >= 0.6 is 11.3 Å². The first-order chi connectivity index (χ1) is 18.2. The van der Waals surface area contributed by atoms with Gasteiger partial charge in [0.05, 0.1) is 19.0 Å². The molecule has 3 N–H and O–H groups in total. The molecular formula is C25H25N5O6S2. The monoisotopic (exact) mass is 555 g/mol. The van der Waals surface area contributed by atoms with Crippen LogP contribution in [-0.2, 0) is 26.8 Å². The number of ether oxygens (including phenoxy) is 1. The van der Waals surface area contributed by atoms with E-state index in [1.54, 1.807) is 74.2 Å². The number of hydroxylamine groups is 1. The Morgan fingerprint density at radius 2 is 1.89 bits per heavy atom. The zero-order valence-corrected chi connectivity index (χ0v) is 22.1. The minimum atomic E-state index is -3.78. The van der Waals surface area contributed by atoms with E-state index in [0.717, 1.165) is 22.5 Å². The van der Waals surface area contributed by atoms with Crippen LogP contribution in [0, 0.1) is 0 Å². The molecular weight excluding hydrogens is 530 g/mol. The fourth-order valence-corrected chi connectivity index (χ4v) is 6.39. The number of carbonyl (C=O) groups is 2. The van der Waals surface area contributed by atoms with Crippen molar-refractivity contribution in [2.45, 2.75) is 22.4 Å². The van der Waals surface area contributed by atoms with Crippen LogP contribution in [0.15, 0.2) is 71.1 Å². The highest BCUT2D eigenvalue weighted by atomic mass is 32.2. The van der Waals surface area contributed by atoms with Gasteiger partial charge in [0.15, 0.2) is 9.84 Å². The number of thiophene rings is 1. The van der Waals surface area contributed by atoms with E-state index in [2.05, 4.69) is 15.6 Å². The molecule has 0 unspecified atom stereocenters. The van der Waals surface area contributed by atoms with Crippen LogP contribution < -0.4 is 15.5 Å². The summed E-state index contributed by atoms with van der Waals surface area (Å²) in [5.41, 5.74) is 3.74. The molecule has 13 heteroatoms. The van der Waals surface area contributed by atoms with Crippen LogP contribution in [0.4, 0.5) is 0 Å². The van der Waals surface area contributed by atoms with Crippen LogP contribution in [-0.4, -0.2) is 54.6 Å². The highest BCUT2D eigenvalue weighted by molar-refractivity contribution is 7.92. The molecule has 0 bridgehead atoms. The molecule has 0 radical (unpaired) electrons. The van der Waals surface area contributed by atoms with Crippen LogP contribution in [0.25, 0.3) is 10.4 Å². The van der Waals surface area contributed by atoms with Gasteiger partial charge in [0, 0.05) is 23.9 Å². The average molecular weight is 556 g/mol. The summed E-state index contributed by atoms with van der Waals surface area (Å²) >= 11 is 1.08. The number of nitrogens with one attached hydrogen (secondary N) is 2. The van der Waals surface area contributed by atoms with Crippen molar-refractivity contribution in [3.63, 3.8) is 0 Å². The molecule has 0 spiro atoms. The van der Waals surface area contributed by atoms with Gasteiger partial charge >= 0.3 is 0 Å². The van der Waals surface area contributed by atoms with Gasteiger partial charge in [-0.3, -0.25) is 14.8 Å². The first-order valence-electron chi connectivity index (χ1n) is 11.4. The second kappa shape index (κ2) is 11.5. The van der Waals surface area contributed by atoms with Gasteiger partial charge in [-0.15, -0.1) is 16.4 Å². The predicted octanol–water partition coefficient (Wildman–Crippen LogP) is 2.64. The summed E-state index contributed by atoms with van der Waals surface area (Å²) in [7, 11) is -0.691. The standard InChI is InChI=1S/C25H25N5O6S2/c1-26-24(31)18-5-3-4-17(13-18)22-10-11-23(37-22)38(34,35)15-19-14-30(29-27-19)21(25(32)28-33)12-16-6-8-20(36-2)9-7-16/h3-11,13-14,21,33H,12,15H2,1-2H3,(H,26,31)(H,28,32)/t21-/m0/s1. The number of benzene rings is 2. The molecule has 11 nitrogen and oxygen atoms in total. The zero-order chi connectivity index (χ0) is 27.3. The zero-order valence-electron chi connectivity index (χ0n) is 20.5. The van der Waals surface area contributed by atoms with Crippen molar-refractivity contribution in [2.75, 3.05) is 14.2 Å². The molecule has 198 valence electrons. The lowest BCUT2D eigenvalue weighted by molar-refractivity contribution is -0.133. The van der Waals surface area contributed by atoms with E-state index in [9.17, 15) is 23.2 Å². The quantitative estimate of drug-likeness (QED) is 0.199. The summed E-state index contributed by atoms with van der Waals surface area (Å²) in [5.74, 6) is -0.733. The predicted molar refractivity (Wildman–Crippen MR) is 140 cm³/mol. The maximum absolute atomic E-state index is 13.1. The molecule has 0 aliphatic rings. The SMILES string of the molecule is CNC(=O)c1cccc(-c2ccc(S(=O)(=O)Cc3cn([C@@H](Cc4ccc(OC)cc4)C(=O)NO)nn3)s2)c1. The van der Waals surface area contributed by atoms with Crippen molar-refractivity contribution in [1.82, 2.24) is 25.8 Å². The van der Waals surface area contributed by atoms with E-state index in [-0.39, 0.29) is 22.2 Å². The highest BCUT2D eigenvalue weighted by Gasteiger charge is 2.25. The Bertz CT molecular complexity index is 1550. The summed E-state index contributed by atoms with van der Waals surface area (Å²) in [5, 5.41) is 19.7. The van der Waals surface area contributed by atoms with E-state index < -0.39 is 27.5 Å². The maximum Gasteiger partial charge on any atom is 0.268 e. The number of amides is 2. The van der Waals surface area contributed by atoms with Crippen molar-refractivity contribution < 1.29 is 28.0 Å². The number of methoxy groups -OCH3 is 1. The third-order valence-electron chi connectivity index (χ3n) is 5.74. The number of aromatic nitrogens is 3. The number of sulfone groups is 1. The molecule has 2 heterocycles. The molecule has 4 rings (SSSR count). The third-order valence-corrected chi connectivity index (χ3v) is 9.11. The first kappa shape index (κ1) is 27.0. The van der Waals surface area contributed by atoms with E-state index in [1.807, 2.05) is 0 Å². The van der Waals surface area contributed by atoms with E-state index >= 15 is 0 Å². The lowest BCUT2D eigenvalue weighted by Gasteiger charge is -2.15. The van der Waals surface area contributed by atoms with Gasteiger partial charge in [-0.2, -0.15) is 0 Å². The molecule has 2 aromatic heterocycles. The Hall–Kier alpha value is -4.07. The minimum absolute atomic E-state index is 0.135.